The van der Waals surface area contributed by atoms with Gasteiger partial charge in [-0.1, -0.05) is 18.2 Å². The van der Waals surface area contributed by atoms with Crippen LogP contribution in [0.5, 0.6) is 11.5 Å². The largest absolute Gasteiger partial charge is 0.497 e. The van der Waals surface area contributed by atoms with E-state index in [0.717, 1.165) is 48.6 Å². The molecule has 0 bridgehead atoms. The zero-order chi connectivity index (χ0) is 18.9. The molecule has 1 saturated carbocycles. The van der Waals surface area contributed by atoms with Crippen LogP contribution in [0.2, 0.25) is 0 Å². The summed E-state index contributed by atoms with van der Waals surface area (Å²) in [6, 6.07) is 13.6. The summed E-state index contributed by atoms with van der Waals surface area (Å²) in [6.07, 6.45) is 1.86. The smallest absolute Gasteiger partial charge is 0.252 e. The SMILES string of the molecule is COc1cccc(C2(NC(=O)c3ccc(C4CNNC4)c(OC)c3)CC2)c1. The third-order valence-corrected chi connectivity index (χ3v) is 5.48. The Kier molecular flexibility index (Phi) is 4.76. The van der Waals surface area contributed by atoms with E-state index in [-0.39, 0.29) is 11.4 Å². The number of carbonyl (C=O) groups excluding carboxylic acids is 1. The van der Waals surface area contributed by atoms with Crippen molar-refractivity contribution in [2.75, 3.05) is 27.3 Å². The second-order valence-corrected chi connectivity index (χ2v) is 7.18. The molecule has 4 rings (SSSR count). The monoisotopic (exact) mass is 367 g/mol. The van der Waals surface area contributed by atoms with E-state index in [1.807, 2.05) is 42.5 Å². The first-order valence-corrected chi connectivity index (χ1v) is 9.26. The molecular weight excluding hydrogens is 342 g/mol. The van der Waals surface area contributed by atoms with Gasteiger partial charge < -0.3 is 14.8 Å². The Labute approximate surface area is 159 Å². The minimum atomic E-state index is -0.295. The fourth-order valence-corrected chi connectivity index (χ4v) is 3.69. The standard InChI is InChI=1S/C21H25N3O3/c1-26-17-5-3-4-16(11-17)21(8-9-21)24-20(25)14-6-7-18(19(10-14)27-2)15-12-22-23-13-15/h3-7,10-11,15,22-23H,8-9,12-13H2,1-2H3,(H,24,25). The summed E-state index contributed by atoms with van der Waals surface area (Å²) >= 11 is 0. The quantitative estimate of drug-likeness (QED) is 0.731. The van der Waals surface area contributed by atoms with E-state index in [2.05, 4.69) is 16.2 Å². The first kappa shape index (κ1) is 17.8. The molecule has 1 aliphatic carbocycles. The normalized spacial score (nSPS) is 18.1. The molecule has 1 amide bonds. The summed E-state index contributed by atoms with van der Waals surface area (Å²) in [6.45, 7) is 1.70. The van der Waals surface area contributed by atoms with Crippen LogP contribution in [0.25, 0.3) is 0 Å². The van der Waals surface area contributed by atoms with Crippen LogP contribution < -0.4 is 25.6 Å². The van der Waals surface area contributed by atoms with E-state index in [4.69, 9.17) is 9.47 Å². The van der Waals surface area contributed by atoms with Gasteiger partial charge in [-0.05, 0) is 48.2 Å². The molecule has 0 aromatic heterocycles. The lowest BCUT2D eigenvalue weighted by Crippen LogP contribution is -2.34. The maximum absolute atomic E-state index is 12.9. The van der Waals surface area contributed by atoms with Gasteiger partial charge in [-0.3, -0.25) is 15.6 Å². The lowest BCUT2D eigenvalue weighted by molar-refractivity contribution is 0.0930. The van der Waals surface area contributed by atoms with Gasteiger partial charge in [0.05, 0.1) is 19.8 Å². The summed E-state index contributed by atoms with van der Waals surface area (Å²) in [5.74, 6) is 1.81. The van der Waals surface area contributed by atoms with Crippen LogP contribution in [0.15, 0.2) is 42.5 Å². The molecule has 2 aromatic rings. The lowest BCUT2D eigenvalue weighted by atomic mass is 9.97. The van der Waals surface area contributed by atoms with Crippen LogP contribution in [0.3, 0.4) is 0 Å². The summed E-state index contributed by atoms with van der Waals surface area (Å²) in [5, 5.41) is 3.22. The maximum Gasteiger partial charge on any atom is 0.252 e. The number of ether oxygens (including phenoxy) is 2. The number of methoxy groups -OCH3 is 2. The number of amides is 1. The van der Waals surface area contributed by atoms with E-state index in [1.54, 1.807) is 14.2 Å². The maximum atomic E-state index is 12.9. The van der Waals surface area contributed by atoms with E-state index in [0.29, 0.717) is 11.5 Å². The van der Waals surface area contributed by atoms with Crippen molar-refractivity contribution in [2.24, 2.45) is 0 Å². The fourth-order valence-electron chi connectivity index (χ4n) is 3.69. The Morgan fingerprint density at radius 2 is 1.85 bits per heavy atom. The Morgan fingerprint density at radius 3 is 2.52 bits per heavy atom. The number of carbonyl (C=O) groups is 1. The number of hydrazine groups is 1. The van der Waals surface area contributed by atoms with Crippen molar-refractivity contribution >= 4 is 5.91 Å². The molecule has 2 fully saturated rings. The van der Waals surface area contributed by atoms with Gasteiger partial charge >= 0.3 is 0 Å². The molecule has 3 N–H and O–H groups in total. The zero-order valence-electron chi connectivity index (χ0n) is 15.7. The molecular formula is C21H25N3O3. The molecule has 1 aliphatic heterocycles. The van der Waals surface area contributed by atoms with Crippen LogP contribution in [-0.2, 0) is 5.54 Å². The van der Waals surface area contributed by atoms with Gasteiger partial charge in [0.25, 0.3) is 5.91 Å². The highest BCUT2D eigenvalue weighted by Crippen LogP contribution is 2.46. The zero-order valence-corrected chi connectivity index (χ0v) is 15.7. The highest BCUT2D eigenvalue weighted by Gasteiger charge is 2.46. The van der Waals surface area contributed by atoms with Gasteiger partial charge in [0, 0.05) is 24.6 Å². The number of hydrogen-bond acceptors (Lipinski definition) is 5. The van der Waals surface area contributed by atoms with Crippen LogP contribution in [0.1, 0.15) is 40.2 Å². The van der Waals surface area contributed by atoms with Crippen molar-refractivity contribution < 1.29 is 14.3 Å². The highest BCUT2D eigenvalue weighted by atomic mass is 16.5. The van der Waals surface area contributed by atoms with Gasteiger partial charge in [0.2, 0.25) is 0 Å². The molecule has 2 aliphatic rings. The van der Waals surface area contributed by atoms with Crippen molar-refractivity contribution in [2.45, 2.75) is 24.3 Å². The molecule has 0 atom stereocenters. The van der Waals surface area contributed by atoms with Crippen molar-refractivity contribution in [3.8, 4) is 11.5 Å². The fraction of sp³-hybridized carbons (Fsp3) is 0.381. The van der Waals surface area contributed by atoms with E-state index in [9.17, 15) is 4.79 Å². The Hall–Kier alpha value is -2.57. The van der Waals surface area contributed by atoms with Crippen molar-refractivity contribution in [3.05, 3.63) is 59.2 Å². The van der Waals surface area contributed by atoms with E-state index < -0.39 is 0 Å². The minimum absolute atomic E-state index is 0.0807. The van der Waals surface area contributed by atoms with Crippen molar-refractivity contribution in [1.82, 2.24) is 16.2 Å². The summed E-state index contributed by atoms with van der Waals surface area (Å²) < 4.78 is 10.9. The highest BCUT2D eigenvalue weighted by molar-refractivity contribution is 5.95. The average molecular weight is 367 g/mol. The first-order valence-electron chi connectivity index (χ1n) is 9.26. The molecule has 142 valence electrons. The molecule has 2 aromatic carbocycles. The molecule has 0 radical (unpaired) electrons. The summed E-state index contributed by atoms with van der Waals surface area (Å²) in [4.78, 5) is 12.9. The van der Waals surface area contributed by atoms with Gasteiger partial charge in [0.1, 0.15) is 11.5 Å². The Morgan fingerprint density at radius 1 is 1.07 bits per heavy atom. The molecule has 0 spiro atoms. The third kappa shape index (κ3) is 3.50. The van der Waals surface area contributed by atoms with Crippen LogP contribution in [0, 0.1) is 0 Å². The van der Waals surface area contributed by atoms with Crippen molar-refractivity contribution in [1.29, 1.82) is 0 Å². The average Bonchev–Trinajstić information content (AvgIpc) is 3.29. The number of nitrogens with one attached hydrogen (secondary N) is 3. The van der Waals surface area contributed by atoms with Crippen molar-refractivity contribution in [3.63, 3.8) is 0 Å². The van der Waals surface area contributed by atoms with Gasteiger partial charge in [-0.2, -0.15) is 0 Å². The minimum Gasteiger partial charge on any atom is -0.497 e. The second kappa shape index (κ2) is 7.21. The Balaban J connectivity index is 1.54. The number of rotatable bonds is 6. The molecule has 6 nitrogen and oxygen atoms in total. The van der Waals surface area contributed by atoms with E-state index in [1.165, 1.54) is 0 Å². The van der Waals surface area contributed by atoms with Gasteiger partial charge in [-0.15, -0.1) is 0 Å². The number of benzene rings is 2. The molecule has 1 saturated heterocycles. The lowest BCUT2D eigenvalue weighted by Gasteiger charge is -2.20. The van der Waals surface area contributed by atoms with Crippen LogP contribution in [0.4, 0.5) is 0 Å². The van der Waals surface area contributed by atoms with Crippen LogP contribution in [-0.4, -0.2) is 33.2 Å². The molecule has 27 heavy (non-hydrogen) atoms. The van der Waals surface area contributed by atoms with Crippen LogP contribution >= 0.6 is 0 Å². The predicted octanol–water partition coefficient (Wildman–Crippen LogP) is 2.31. The molecule has 0 unspecified atom stereocenters. The summed E-state index contributed by atoms with van der Waals surface area (Å²) in [7, 11) is 3.30. The number of hydrogen-bond donors (Lipinski definition) is 3. The molecule has 6 heteroatoms. The van der Waals surface area contributed by atoms with Gasteiger partial charge in [-0.25, -0.2) is 0 Å². The third-order valence-electron chi connectivity index (χ3n) is 5.48. The summed E-state index contributed by atoms with van der Waals surface area (Å²) in [5.41, 5.74) is 8.78. The Bertz CT molecular complexity index is 842. The first-order chi connectivity index (χ1) is 13.1. The predicted molar refractivity (Wildman–Crippen MR) is 103 cm³/mol. The van der Waals surface area contributed by atoms with E-state index >= 15 is 0 Å². The molecule has 1 heterocycles. The topological polar surface area (TPSA) is 71.6 Å². The second-order valence-electron chi connectivity index (χ2n) is 7.18. The van der Waals surface area contributed by atoms with Gasteiger partial charge in [0.15, 0.2) is 0 Å².